The Balaban J connectivity index is 2.74. The number of hydrogen-bond donors (Lipinski definition) is 0. The lowest BCUT2D eigenvalue weighted by atomic mass is 10.2. The molecule has 0 aliphatic carbocycles. The summed E-state index contributed by atoms with van der Waals surface area (Å²) in [6.07, 6.45) is 0.926. The topological polar surface area (TPSA) is 26.3 Å². The molecule has 0 amide bonds. The van der Waals surface area contributed by atoms with Crippen LogP contribution in [-0.4, -0.2) is 0 Å². The molecule has 0 aliphatic heterocycles. The molecule has 0 unspecified atom stereocenters. The predicted molar refractivity (Wildman–Crippen MR) is 47.3 cm³/mol. The van der Waals surface area contributed by atoms with Crippen LogP contribution in [0.5, 0.6) is 0 Å². The highest BCUT2D eigenvalue weighted by Crippen LogP contribution is 2.28. The molecule has 0 aliphatic rings. The van der Waals surface area contributed by atoms with E-state index in [9.17, 15) is 0 Å². The highest BCUT2D eigenvalue weighted by atomic mass is 16.4. The van der Waals surface area contributed by atoms with Crippen LogP contribution in [0.3, 0.4) is 0 Å². The molecule has 12 heavy (non-hydrogen) atoms. The fraction of sp³-hybridized carbons (Fsp3) is 0.400. The average Bonchev–Trinajstić information content (AvgIpc) is 2.51. The molecule has 0 fully saturated rings. The van der Waals surface area contributed by atoms with Crippen molar-refractivity contribution < 1.29 is 8.83 Å². The molecule has 64 valence electrons. The summed E-state index contributed by atoms with van der Waals surface area (Å²) in [6.45, 7) is 6.05. The maximum atomic E-state index is 5.58. The van der Waals surface area contributed by atoms with Crippen molar-refractivity contribution in [2.24, 2.45) is 0 Å². The van der Waals surface area contributed by atoms with Crippen LogP contribution in [0, 0.1) is 13.8 Å². The molecule has 2 aromatic rings. The normalized spacial score (nSPS) is 11.2. The van der Waals surface area contributed by atoms with Crippen molar-refractivity contribution in [2.75, 3.05) is 0 Å². The van der Waals surface area contributed by atoms with Crippen molar-refractivity contribution in [3.63, 3.8) is 0 Å². The van der Waals surface area contributed by atoms with E-state index in [-0.39, 0.29) is 0 Å². The first kappa shape index (κ1) is 7.47. The van der Waals surface area contributed by atoms with E-state index in [1.807, 2.05) is 19.9 Å². The third-order valence-electron chi connectivity index (χ3n) is 2.13. The Morgan fingerprint density at radius 3 is 2.58 bits per heavy atom. The van der Waals surface area contributed by atoms with Crippen molar-refractivity contribution in [3.05, 3.63) is 23.2 Å². The van der Waals surface area contributed by atoms with Gasteiger partial charge in [0.1, 0.15) is 11.5 Å². The second-order valence-corrected chi connectivity index (χ2v) is 3.05. The molecule has 2 heteroatoms. The number of furan rings is 2. The summed E-state index contributed by atoms with van der Waals surface area (Å²) in [7, 11) is 0. The zero-order valence-corrected chi connectivity index (χ0v) is 7.60. The van der Waals surface area contributed by atoms with E-state index in [2.05, 4.69) is 6.92 Å². The third kappa shape index (κ3) is 0.876. The summed E-state index contributed by atoms with van der Waals surface area (Å²) >= 11 is 0. The molecule has 0 atom stereocenters. The summed E-state index contributed by atoms with van der Waals surface area (Å²) in [5.41, 5.74) is 2.92. The van der Waals surface area contributed by atoms with E-state index >= 15 is 0 Å². The van der Waals surface area contributed by atoms with Gasteiger partial charge in [0.05, 0.1) is 0 Å². The van der Waals surface area contributed by atoms with Gasteiger partial charge in [0.2, 0.25) is 0 Å². The molecular weight excluding hydrogens is 152 g/mol. The SMILES string of the molecule is CCc1oc2cc(C)oc2c1C. The van der Waals surface area contributed by atoms with Crippen molar-refractivity contribution in [3.8, 4) is 0 Å². The monoisotopic (exact) mass is 164 g/mol. The smallest absolute Gasteiger partial charge is 0.175 e. The highest BCUT2D eigenvalue weighted by molar-refractivity contribution is 5.76. The van der Waals surface area contributed by atoms with Gasteiger partial charge in [-0.15, -0.1) is 0 Å². The molecule has 0 spiro atoms. The minimum absolute atomic E-state index is 0.877. The first-order chi connectivity index (χ1) is 5.72. The lowest BCUT2D eigenvalue weighted by Crippen LogP contribution is -1.77. The highest BCUT2D eigenvalue weighted by Gasteiger charge is 2.12. The number of aryl methyl sites for hydroxylation is 3. The molecule has 2 rings (SSSR count). The largest absolute Gasteiger partial charge is 0.458 e. The van der Waals surface area contributed by atoms with Crippen LogP contribution in [0.2, 0.25) is 0 Å². The van der Waals surface area contributed by atoms with E-state index < -0.39 is 0 Å². The lowest BCUT2D eigenvalue weighted by molar-refractivity contribution is 0.553. The van der Waals surface area contributed by atoms with Crippen LogP contribution in [0.4, 0.5) is 0 Å². The van der Waals surface area contributed by atoms with Gasteiger partial charge in [-0.05, 0) is 13.8 Å². The zero-order chi connectivity index (χ0) is 8.72. The van der Waals surface area contributed by atoms with Crippen molar-refractivity contribution in [2.45, 2.75) is 27.2 Å². The van der Waals surface area contributed by atoms with Crippen LogP contribution >= 0.6 is 0 Å². The Bertz CT molecular complexity index is 407. The van der Waals surface area contributed by atoms with Gasteiger partial charge < -0.3 is 8.83 Å². The summed E-state index contributed by atoms with van der Waals surface area (Å²) in [5.74, 6) is 1.94. The van der Waals surface area contributed by atoms with Gasteiger partial charge in [0.15, 0.2) is 11.2 Å². The summed E-state index contributed by atoms with van der Waals surface area (Å²) in [5, 5.41) is 0. The Labute approximate surface area is 71.2 Å². The fourth-order valence-corrected chi connectivity index (χ4v) is 1.50. The maximum absolute atomic E-state index is 5.58. The first-order valence-electron chi connectivity index (χ1n) is 4.20. The molecule has 0 bridgehead atoms. The van der Waals surface area contributed by atoms with E-state index in [1.54, 1.807) is 0 Å². The minimum Gasteiger partial charge on any atom is -0.458 e. The quantitative estimate of drug-likeness (QED) is 0.646. The van der Waals surface area contributed by atoms with Gasteiger partial charge >= 0.3 is 0 Å². The Hall–Kier alpha value is -1.18. The summed E-state index contributed by atoms with van der Waals surface area (Å²) in [6, 6.07) is 1.93. The second kappa shape index (κ2) is 2.41. The first-order valence-corrected chi connectivity index (χ1v) is 4.20. The van der Waals surface area contributed by atoms with Gasteiger partial charge in [-0.3, -0.25) is 0 Å². The van der Waals surface area contributed by atoms with Crippen LogP contribution in [0.25, 0.3) is 11.2 Å². The van der Waals surface area contributed by atoms with E-state index in [1.165, 1.54) is 0 Å². The van der Waals surface area contributed by atoms with Crippen LogP contribution in [0.1, 0.15) is 24.0 Å². The predicted octanol–water partition coefficient (Wildman–Crippen LogP) is 3.21. The minimum atomic E-state index is 0.877. The van der Waals surface area contributed by atoms with E-state index in [0.29, 0.717) is 0 Å². The molecule has 0 aromatic carbocycles. The molecule has 0 N–H and O–H groups in total. The van der Waals surface area contributed by atoms with Crippen molar-refractivity contribution in [1.82, 2.24) is 0 Å². The summed E-state index contributed by atoms with van der Waals surface area (Å²) in [4.78, 5) is 0. The molecule has 2 heterocycles. The van der Waals surface area contributed by atoms with E-state index in [4.69, 9.17) is 8.83 Å². The Morgan fingerprint density at radius 1 is 1.25 bits per heavy atom. The molecule has 2 aromatic heterocycles. The zero-order valence-electron chi connectivity index (χ0n) is 7.60. The molecule has 0 radical (unpaired) electrons. The second-order valence-electron chi connectivity index (χ2n) is 3.05. The molecule has 0 saturated carbocycles. The summed E-state index contributed by atoms with van der Waals surface area (Å²) < 4.78 is 11.1. The van der Waals surface area contributed by atoms with Crippen LogP contribution in [0.15, 0.2) is 14.9 Å². The average molecular weight is 164 g/mol. The molecule has 0 saturated heterocycles. The number of rotatable bonds is 1. The van der Waals surface area contributed by atoms with Crippen LogP contribution in [-0.2, 0) is 6.42 Å². The van der Waals surface area contributed by atoms with Gasteiger partial charge in [-0.1, -0.05) is 6.92 Å². The van der Waals surface area contributed by atoms with Gasteiger partial charge in [0, 0.05) is 18.1 Å². The van der Waals surface area contributed by atoms with Gasteiger partial charge in [0.25, 0.3) is 0 Å². The van der Waals surface area contributed by atoms with Crippen molar-refractivity contribution >= 4 is 11.2 Å². The Morgan fingerprint density at radius 2 is 2.00 bits per heavy atom. The van der Waals surface area contributed by atoms with E-state index in [0.717, 1.165) is 34.7 Å². The van der Waals surface area contributed by atoms with Gasteiger partial charge in [-0.25, -0.2) is 0 Å². The number of hydrogen-bond acceptors (Lipinski definition) is 2. The van der Waals surface area contributed by atoms with Crippen molar-refractivity contribution in [1.29, 1.82) is 0 Å². The standard InChI is InChI=1S/C10H12O2/c1-4-8-7(3)10-9(12-8)5-6(2)11-10/h5H,4H2,1-3H3. The lowest BCUT2D eigenvalue weighted by Gasteiger charge is -1.89. The van der Waals surface area contributed by atoms with Gasteiger partial charge in [-0.2, -0.15) is 0 Å². The fourth-order valence-electron chi connectivity index (χ4n) is 1.50. The third-order valence-corrected chi connectivity index (χ3v) is 2.13. The molecular formula is C10H12O2. The van der Waals surface area contributed by atoms with Crippen LogP contribution < -0.4 is 0 Å². The maximum Gasteiger partial charge on any atom is 0.175 e. The molecule has 2 nitrogen and oxygen atoms in total. The number of fused-ring (bicyclic) bond motifs is 1. The Kier molecular flexibility index (Phi) is 1.50.